The molecule has 22 heavy (non-hydrogen) atoms. The quantitative estimate of drug-likeness (QED) is 0.835. The molecule has 2 heterocycles. The molecule has 1 atom stereocenters. The van der Waals surface area contributed by atoms with Crippen LogP contribution in [0.2, 0.25) is 0 Å². The molecule has 0 spiro atoms. The molecule has 0 bridgehead atoms. The second kappa shape index (κ2) is 6.44. The standard InChI is InChI=1S/C15H19N3O2S2/c1-12-16-17-15(21-12)10-18(9-13-5-3-2-4-6-13)14-7-8-22(19,20)11-14/h2-6,14H,7-11H2,1H3. The Morgan fingerprint density at radius 2 is 2.00 bits per heavy atom. The number of aromatic nitrogens is 2. The molecule has 0 aliphatic carbocycles. The molecule has 0 N–H and O–H groups in total. The topological polar surface area (TPSA) is 63.2 Å². The Hall–Kier alpha value is -1.31. The fraction of sp³-hybridized carbons (Fsp3) is 0.467. The van der Waals surface area contributed by atoms with Crippen LogP contribution in [0.25, 0.3) is 0 Å². The summed E-state index contributed by atoms with van der Waals surface area (Å²) in [4.78, 5) is 2.22. The predicted molar refractivity (Wildman–Crippen MR) is 87.4 cm³/mol. The van der Waals surface area contributed by atoms with Crippen LogP contribution in [0.4, 0.5) is 0 Å². The second-order valence-corrected chi connectivity index (χ2v) is 9.16. The molecular weight excluding hydrogens is 318 g/mol. The van der Waals surface area contributed by atoms with Gasteiger partial charge in [0.2, 0.25) is 0 Å². The fourth-order valence-corrected chi connectivity index (χ4v) is 5.27. The molecule has 5 nitrogen and oxygen atoms in total. The van der Waals surface area contributed by atoms with Gasteiger partial charge in [-0.25, -0.2) is 8.42 Å². The zero-order valence-corrected chi connectivity index (χ0v) is 14.1. The molecule has 2 aromatic rings. The third-order valence-electron chi connectivity index (χ3n) is 3.86. The van der Waals surface area contributed by atoms with Gasteiger partial charge in [-0.05, 0) is 18.9 Å². The number of nitrogens with zero attached hydrogens (tertiary/aromatic N) is 3. The highest BCUT2D eigenvalue weighted by Gasteiger charge is 2.32. The second-order valence-electron chi connectivity index (χ2n) is 5.66. The van der Waals surface area contributed by atoms with Crippen LogP contribution in [-0.4, -0.2) is 41.1 Å². The zero-order valence-electron chi connectivity index (χ0n) is 12.5. The van der Waals surface area contributed by atoms with Crippen LogP contribution in [-0.2, 0) is 22.9 Å². The summed E-state index contributed by atoms with van der Waals surface area (Å²) in [6.07, 6.45) is 0.701. The van der Waals surface area contributed by atoms with Gasteiger partial charge < -0.3 is 0 Å². The Balaban J connectivity index is 1.78. The van der Waals surface area contributed by atoms with E-state index >= 15 is 0 Å². The molecule has 1 aromatic carbocycles. The number of aryl methyl sites for hydroxylation is 1. The number of hydrogen-bond acceptors (Lipinski definition) is 6. The Morgan fingerprint density at radius 3 is 2.59 bits per heavy atom. The Kier molecular flexibility index (Phi) is 4.56. The Labute approximate surface area is 134 Å². The van der Waals surface area contributed by atoms with Crippen LogP contribution < -0.4 is 0 Å². The van der Waals surface area contributed by atoms with Gasteiger partial charge in [0.15, 0.2) is 9.84 Å². The van der Waals surface area contributed by atoms with E-state index < -0.39 is 9.84 Å². The minimum Gasteiger partial charge on any atom is -0.288 e. The van der Waals surface area contributed by atoms with Gasteiger partial charge in [-0.15, -0.1) is 21.5 Å². The fourth-order valence-electron chi connectivity index (χ4n) is 2.77. The summed E-state index contributed by atoms with van der Waals surface area (Å²) in [6.45, 7) is 3.32. The van der Waals surface area contributed by atoms with Gasteiger partial charge in [-0.3, -0.25) is 4.90 Å². The number of benzene rings is 1. The highest BCUT2D eigenvalue weighted by molar-refractivity contribution is 7.91. The minimum absolute atomic E-state index is 0.0643. The summed E-state index contributed by atoms with van der Waals surface area (Å²) in [5, 5.41) is 10.1. The highest BCUT2D eigenvalue weighted by Crippen LogP contribution is 2.23. The first-order chi connectivity index (χ1) is 10.5. The van der Waals surface area contributed by atoms with Crippen molar-refractivity contribution in [3.63, 3.8) is 0 Å². The Morgan fingerprint density at radius 1 is 1.23 bits per heavy atom. The van der Waals surface area contributed by atoms with Crippen LogP contribution in [0.5, 0.6) is 0 Å². The van der Waals surface area contributed by atoms with Crippen LogP contribution >= 0.6 is 11.3 Å². The molecule has 3 rings (SSSR count). The van der Waals surface area contributed by atoms with Crippen LogP contribution in [0, 0.1) is 6.92 Å². The van der Waals surface area contributed by atoms with Crippen molar-refractivity contribution >= 4 is 21.2 Å². The van der Waals surface area contributed by atoms with E-state index in [2.05, 4.69) is 27.2 Å². The monoisotopic (exact) mass is 337 g/mol. The van der Waals surface area contributed by atoms with E-state index in [1.54, 1.807) is 11.3 Å². The average molecular weight is 337 g/mol. The van der Waals surface area contributed by atoms with Gasteiger partial charge in [0.05, 0.1) is 18.1 Å². The first-order valence-corrected chi connectivity index (χ1v) is 9.93. The molecule has 1 saturated heterocycles. The lowest BCUT2D eigenvalue weighted by molar-refractivity contribution is 0.193. The van der Waals surface area contributed by atoms with E-state index in [0.717, 1.165) is 16.6 Å². The highest BCUT2D eigenvalue weighted by atomic mass is 32.2. The zero-order chi connectivity index (χ0) is 15.6. The molecule has 1 aliphatic rings. The molecule has 118 valence electrons. The van der Waals surface area contributed by atoms with E-state index in [1.165, 1.54) is 5.56 Å². The van der Waals surface area contributed by atoms with Gasteiger partial charge in [0, 0.05) is 12.6 Å². The molecule has 0 saturated carbocycles. The lowest BCUT2D eigenvalue weighted by atomic mass is 10.1. The van der Waals surface area contributed by atoms with E-state index in [9.17, 15) is 8.42 Å². The van der Waals surface area contributed by atoms with Crippen molar-refractivity contribution in [3.05, 3.63) is 45.9 Å². The lowest BCUT2D eigenvalue weighted by Crippen LogP contribution is -2.35. The first kappa shape index (κ1) is 15.6. The lowest BCUT2D eigenvalue weighted by Gasteiger charge is -2.27. The van der Waals surface area contributed by atoms with E-state index in [4.69, 9.17) is 0 Å². The Bertz CT molecular complexity index is 728. The number of sulfone groups is 1. The van der Waals surface area contributed by atoms with Crippen molar-refractivity contribution in [2.45, 2.75) is 32.5 Å². The molecule has 1 fully saturated rings. The molecule has 7 heteroatoms. The average Bonchev–Trinajstić information content (AvgIpc) is 3.05. The van der Waals surface area contributed by atoms with E-state index in [1.807, 2.05) is 25.1 Å². The van der Waals surface area contributed by atoms with Crippen LogP contribution in [0.15, 0.2) is 30.3 Å². The molecule has 1 aliphatic heterocycles. The minimum atomic E-state index is -2.89. The molecular formula is C15H19N3O2S2. The number of rotatable bonds is 5. The molecule has 1 unspecified atom stereocenters. The van der Waals surface area contributed by atoms with Crippen LogP contribution in [0.1, 0.15) is 22.0 Å². The normalized spacial score (nSPS) is 20.5. The van der Waals surface area contributed by atoms with Crippen molar-refractivity contribution in [1.82, 2.24) is 15.1 Å². The van der Waals surface area contributed by atoms with Crippen molar-refractivity contribution in [2.75, 3.05) is 11.5 Å². The van der Waals surface area contributed by atoms with Crippen molar-refractivity contribution in [1.29, 1.82) is 0 Å². The third-order valence-corrected chi connectivity index (χ3v) is 6.43. The largest absolute Gasteiger partial charge is 0.288 e. The SMILES string of the molecule is Cc1nnc(CN(Cc2ccccc2)C2CCS(=O)(=O)C2)s1. The van der Waals surface area contributed by atoms with Crippen LogP contribution in [0.3, 0.4) is 0 Å². The molecule has 1 aromatic heterocycles. The van der Waals surface area contributed by atoms with Gasteiger partial charge >= 0.3 is 0 Å². The summed E-state index contributed by atoms with van der Waals surface area (Å²) >= 11 is 1.57. The summed E-state index contributed by atoms with van der Waals surface area (Å²) in [5.41, 5.74) is 1.19. The van der Waals surface area contributed by atoms with Gasteiger partial charge in [-0.2, -0.15) is 0 Å². The number of hydrogen-bond donors (Lipinski definition) is 0. The summed E-state index contributed by atoms with van der Waals surface area (Å²) in [6, 6.07) is 10.2. The summed E-state index contributed by atoms with van der Waals surface area (Å²) in [5.74, 6) is 0.537. The molecule has 0 amide bonds. The van der Waals surface area contributed by atoms with Crippen molar-refractivity contribution < 1.29 is 8.42 Å². The maximum absolute atomic E-state index is 11.8. The maximum Gasteiger partial charge on any atom is 0.151 e. The van der Waals surface area contributed by atoms with Gasteiger partial charge in [0.1, 0.15) is 10.0 Å². The summed E-state index contributed by atoms with van der Waals surface area (Å²) < 4.78 is 23.6. The van der Waals surface area contributed by atoms with E-state index in [-0.39, 0.29) is 17.5 Å². The third kappa shape index (κ3) is 3.91. The maximum atomic E-state index is 11.8. The van der Waals surface area contributed by atoms with E-state index in [0.29, 0.717) is 13.0 Å². The van der Waals surface area contributed by atoms with Crippen molar-refractivity contribution in [2.24, 2.45) is 0 Å². The smallest absolute Gasteiger partial charge is 0.151 e. The predicted octanol–water partition coefficient (Wildman–Crippen LogP) is 2.04. The van der Waals surface area contributed by atoms with Crippen molar-refractivity contribution in [3.8, 4) is 0 Å². The summed E-state index contributed by atoms with van der Waals surface area (Å²) in [7, 11) is -2.89. The van der Waals surface area contributed by atoms with Gasteiger partial charge in [-0.1, -0.05) is 30.3 Å². The molecule has 0 radical (unpaired) electrons. The van der Waals surface area contributed by atoms with Gasteiger partial charge in [0.25, 0.3) is 0 Å². The first-order valence-electron chi connectivity index (χ1n) is 7.29.